The van der Waals surface area contributed by atoms with E-state index in [4.69, 9.17) is 15.5 Å². The minimum Gasteiger partial charge on any atom is -0.456 e. The van der Waals surface area contributed by atoms with Crippen LogP contribution in [0, 0.1) is 12.8 Å². The average Bonchev–Trinajstić information content (AvgIpc) is 3.22. The quantitative estimate of drug-likeness (QED) is 0.468. The summed E-state index contributed by atoms with van der Waals surface area (Å²) in [5, 5.41) is 4.45. The molecule has 0 radical (unpaired) electrons. The van der Waals surface area contributed by atoms with Crippen molar-refractivity contribution in [2.24, 2.45) is 5.92 Å². The summed E-state index contributed by atoms with van der Waals surface area (Å²) in [6.07, 6.45) is 7.43. The molecular weight excluding hydrogens is 447 g/mol. The molecule has 2 N–H and O–H groups in total. The van der Waals surface area contributed by atoms with E-state index in [1.54, 1.807) is 10.7 Å². The number of nitrogens with zero attached hydrogens (tertiary/aromatic N) is 7. The first-order chi connectivity index (χ1) is 16.9. The average molecular weight is 485 g/mol. The minimum atomic E-state index is -0.601. The van der Waals surface area contributed by atoms with E-state index in [2.05, 4.69) is 52.0 Å². The van der Waals surface area contributed by atoms with Gasteiger partial charge in [0, 0.05) is 32.3 Å². The second kappa shape index (κ2) is 11.2. The summed E-state index contributed by atoms with van der Waals surface area (Å²) in [4.78, 5) is 18.0. The standard InChI is InChI=1S/C25H37FN8O/c1-5-6-21(13-26)35-25-30-22(27)24-29-15-20(34(24)31-25)12-19-11-17(2)23(28-14-19)33-9-7-18(8-10-33)16-32(3)4/h11,14-15,18,21H,5-10,12-13,16H2,1-4H3,(H2,27,30,31)/t21-/m0/s1. The van der Waals surface area contributed by atoms with Crippen molar-refractivity contribution in [1.82, 2.24) is 29.5 Å². The number of nitrogens with two attached hydrogens (primary N) is 1. The number of alkyl halides is 1. The molecule has 9 nitrogen and oxygen atoms in total. The van der Waals surface area contributed by atoms with Gasteiger partial charge >= 0.3 is 6.01 Å². The molecule has 0 unspecified atom stereocenters. The Morgan fingerprint density at radius 3 is 2.66 bits per heavy atom. The smallest absolute Gasteiger partial charge is 0.336 e. The molecule has 0 saturated carbocycles. The van der Waals surface area contributed by atoms with Crippen LogP contribution in [0.2, 0.25) is 0 Å². The molecule has 0 aliphatic carbocycles. The molecule has 1 fully saturated rings. The molecule has 1 saturated heterocycles. The summed E-state index contributed by atoms with van der Waals surface area (Å²) in [6.45, 7) is 6.71. The number of imidazole rings is 1. The molecule has 4 rings (SSSR count). The van der Waals surface area contributed by atoms with Gasteiger partial charge in [0.15, 0.2) is 11.5 Å². The van der Waals surface area contributed by atoms with Gasteiger partial charge in [0.1, 0.15) is 18.6 Å². The van der Waals surface area contributed by atoms with Gasteiger partial charge in [0.2, 0.25) is 0 Å². The zero-order valence-electron chi connectivity index (χ0n) is 21.2. The molecule has 0 bridgehead atoms. The van der Waals surface area contributed by atoms with Crippen molar-refractivity contribution in [3.05, 3.63) is 35.3 Å². The fraction of sp³-hybridized carbons (Fsp3) is 0.600. The van der Waals surface area contributed by atoms with Crippen molar-refractivity contribution in [2.45, 2.75) is 52.1 Å². The molecule has 3 aromatic heterocycles. The molecular formula is C25H37FN8O. The molecule has 0 amide bonds. The van der Waals surface area contributed by atoms with Crippen molar-refractivity contribution < 1.29 is 9.13 Å². The highest BCUT2D eigenvalue weighted by Crippen LogP contribution is 2.26. The van der Waals surface area contributed by atoms with Crippen LogP contribution in [0.1, 0.15) is 49.4 Å². The first-order valence-corrected chi connectivity index (χ1v) is 12.5. The molecule has 10 heteroatoms. The Morgan fingerprint density at radius 2 is 2.00 bits per heavy atom. The van der Waals surface area contributed by atoms with Gasteiger partial charge in [-0.2, -0.15) is 4.98 Å². The normalized spacial score (nSPS) is 15.8. The number of aromatic nitrogens is 5. The Kier molecular flexibility index (Phi) is 8.00. The number of nitrogen functional groups attached to an aromatic ring is 1. The van der Waals surface area contributed by atoms with Gasteiger partial charge in [-0.3, -0.25) is 0 Å². The van der Waals surface area contributed by atoms with E-state index in [0.29, 0.717) is 18.5 Å². The Balaban J connectivity index is 1.48. The lowest BCUT2D eigenvalue weighted by Crippen LogP contribution is -2.37. The van der Waals surface area contributed by atoms with Gasteiger partial charge in [0.05, 0.1) is 11.9 Å². The number of ether oxygens (including phenoxy) is 1. The topological polar surface area (TPSA) is 97.7 Å². The molecule has 3 aromatic rings. The van der Waals surface area contributed by atoms with Gasteiger partial charge in [0.25, 0.3) is 0 Å². The van der Waals surface area contributed by atoms with E-state index in [-0.39, 0.29) is 11.8 Å². The van der Waals surface area contributed by atoms with Crippen molar-refractivity contribution >= 4 is 17.3 Å². The predicted molar refractivity (Wildman–Crippen MR) is 136 cm³/mol. The van der Waals surface area contributed by atoms with E-state index < -0.39 is 12.8 Å². The number of anilines is 2. The van der Waals surface area contributed by atoms with Crippen molar-refractivity contribution in [3.63, 3.8) is 0 Å². The van der Waals surface area contributed by atoms with Crippen molar-refractivity contribution in [3.8, 4) is 6.01 Å². The maximum atomic E-state index is 13.3. The molecule has 4 heterocycles. The number of piperidine rings is 1. The van der Waals surface area contributed by atoms with Gasteiger partial charge in [-0.15, -0.1) is 5.10 Å². The van der Waals surface area contributed by atoms with Gasteiger partial charge in [-0.1, -0.05) is 19.4 Å². The fourth-order valence-corrected chi connectivity index (χ4v) is 4.84. The number of hydrogen-bond acceptors (Lipinski definition) is 8. The zero-order valence-corrected chi connectivity index (χ0v) is 21.2. The van der Waals surface area contributed by atoms with E-state index in [1.807, 2.05) is 13.1 Å². The second-order valence-corrected chi connectivity index (χ2v) is 9.80. The van der Waals surface area contributed by atoms with Crippen LogP contribution in [0.15, 0.2) is 18.5 Å². The lowest BCUT2D eigenvalue weighted by molar-refractivity contribution is 0.139. The predicted octanol–water partition coefficient (Wildman–Crippen LogP) is 3.30. The molecule has 35 heavy (non-hydrogen) atoms. The Hall–Kier alpha value is -3.01. The maximum Gasteiger partial charge on any atom is 0.336 e. The lowest BCUT2D eigenvalue weighted by Gasteiger charge is -2.34. The number of aryl methyl sites for hydroxylation is 1. The highest BCUT2D eigenvalue weighted by atomic mass is 19.1. The summed E-state index contributed by atoms with van der Waals surface area (Å²) < 4.78 is 20.6. The van der Waals surface area contributed by atoms with Crippen LogP contribution < -0.4 is 15.4 Å². The molecule has 1 aliphatic heterocycles. The summed E-state index contributed by atoms with van der Waals surface area (Å²) in [7, 11) is 4.28. The highest BCUT2D eigenvalue weighted by molar-refractivity contribution is 5.60. The van der Waals surface area contributed by atoms with E-state index in [1.165, 1.54) is 12.8 Å². The first kappa shape index (κ1) is 25.1. The van der Waals surface area contributed by atoms with Crippen LogP contribution in [0.25, 0.3) is 5.65 Å². The van der Waals surface area contributed by atoms with Crippen LogP contribution in [0.4, 0.5) is 16.0 Å². The third-order valence-corrected chi connectivity index (χ3v) is 6.52. The minimum absolute atomic E-state index is 0.0627. The fourth-order valence-electron chi connectivity index (χ4n) is 4.84. The lowest BCUT2D eigenvalue weighted by atomic mass is 9.96. The number of halogens is 1. The largest absolute Gasteiger partial charge is 0.456 e. The molecule has 1 atom stereocenters. The summed E-state index contributed by atoms with van der Waals surface area (Å²) in [5.74, 6) is 2.02. The van der Waals surface area contributed by atoms with Crippen LogP contribution >= 0.6 is 0 Å². The third kappa shape index (κ3) is 5.98. The van der Waals surface area contributed by atoms with E-state index in [9.17, 15) is 4.39 Å². The second-order valence-electron chi connectivity index (χ2n) is 9.80. The van der Waals surface area contributed by atoms with Crippen LogP contribution in [0.5, 0.6) is 6.01 Å². The molecule has 190 valence electrons. The monoisotopic (exact) mass is 484 g/mol. The number of rotatable bonds is 10. The van der Waals surface area contributed by atoms with Gasteiger partial charge < -0.3 is 20.3 Å². The third-order valence-electron chi connectivity index (χ3n) is 6.52. The molecule has 0 aromatic carbocycles. The highest BCUT2D eigenvalue weighted by Gasteiger charge is 2.22. The number of fused-ring (bicyclic) bond motifs is 1. The summed E-state index contributed by atoms with van der Waals surface area (Å²) in [5.41, 5.74) is 9.60. The van der Waals surface area contributed by atoms with Gasteiger partial charge in [-0.05, 0) is 57.3 Å². The van der Waals surface area contributed by atoms with Crippen molar-refractivity contribution in [2.75, 3.05) is 51.0 Å². The van der Waals surface area contributed by atoms with Crippen LogP contribution in [-0.2, 0) is 6.42 Å². The van der Waals surface area contributed by atoms with Crippen LogP contribution in [0.3, 0.4) is 0 Å². The maximum absolute atomic E-state index is 13.3. The Morgan fingerprint density at radius 1 is 1.23 bits per heavy atom. The van der Waals surface area contributed by atoms with E-state index in [0.717, 1.165) is 54.6 Å². The summed E-state index contributed by atoms with van der Waals surface area (Å²) in [6, 6.07) is 2.24. The summed E-state index contributed by atoms with van der Waals surface area (Å²) >= 11 is 0. The molecule has 1 aliphatic rings. The van der Waals surface area contributed by atoms with Crippen molar-refractivity contribution in [1.29, 1.82) is 0 Å². The first-order valence-electron chi connectivity index (χ1n) is 12.5. The number of pyridine rings is 1. The van der Waals surface area contributed by atoms with E-state index >= 15 is 0 Å². The Labute approximate surface area is 206 Å². The van der Waals surface area contributed by atoms with Crippen LogP contribution in [-0.4, -0.2) is 76.0 Å². The zero-order chi connectivity index (χ0) is 24.9. The number of hydrogen-bond donors (Lipinski definition) is 1. The SMILES string of the molecule is CCC[C@@H](CF)Oc1nc(N)c2ncc(Cc3cnc(N4CCC(CN(C)C)CC4)c(C)c3)n2n1. The Bertz CT molecular complexity index is 1130. The van der Waals surface area contributed by atoms with Gasteiger partial charge in [-0.25, -0.2) is 18.9 Å². The molecule has 0 spiro atoms.